The highest BCUT2D eigenvalue weighted by atomic mass is 16.1. The fourth-order valence-electron chi connectivity index (χ4n) is 2.74. The number of fused-ring (bicyclic) bond motifs is 1. The summed E-state index contributed by atoms with van der Waals surface area (Å²) in [6, 6.07) is 16.0. The maximum Gasteiger partial charge on any atom is 0.211 e. The topological polar surface area (TPSA) is 114 Å². The summed E-state index contributed by atoms with van der Waals surface area (Å²) in [7, 11) is 0. The number of hydrogen-bond acceptors (Lipinski definition) is 4. The number of nitrogens with one attached hydrogen (secondary N) is 2. The average Bonchev–Trinajstić information content (AvgIpc) is 2.66. The molecular formula is C19H20N6O. The van der Waals surface area contributed by atoms with Gasteiger partial charge >= 0.3 is 0 Å². The minimum Gasteiger partial charge on any atom is -0.329 e. The second-order valence-corrected chi connectivity index (χ2v) is 5.73. The molecule has 6 N–H and O–H groups in total. The van der Waals surface area contributed by atoms with Crippen LogP contribution in [0.15, 0.2) is 60.9 Å². The molecule has 0 aliphatic carbocycles. The van der Waals surface area contributed by atoms with Gasteiger partial charge in [0, 0.05) is 29.2 Å². The van der Waals surface area contributed by atoms with E-state index in [4.69, 9.17) is 0 Å². The Morgan fingerprint density at radius 2 is 1.85 bits per heavy atom. The molecule has 0 aliphatic heterocycles. The highest BCUT2D eigenvalue weighted by Crippen LogP contribution is 2.27. The molecule has 26 heavy (non-hydrogen) atoms. The van der Waals surface area contributed by atoms with Crippen molar-refractivity contribution in [2.75, 3.05) is 5.32 Å². The van der Waals surface area contributed by atoms with Gasteiger partial charge in [0.25, 0.3) is 0 Å². The van der Waals surface area contributed by atoms with Crippen LogP contribution >= 0.6 is 0 Å². The zero-order valence-corrected chi connectivity index (χ0v) is 14.3. The molecule has 4 aromatic rings. The molecule has 0 saturated heterocycles. The van der Waals surface area contributed by atoms with Crippen molar-refractivity contribution >= 4 is 17.7 Å². The molecule has 0 bridgehead atoms. The number of anilines is 1. The Hall–Kier alpha value is -3.42. The van der Waals surface area contributed by atoms with Crippen LogP contribution in [0.2, 0.25) is 0 Å². The monoisotopic (exact) mass is 348 g/mol. The van der Waals surface area contributed by atoms with Crippen LogP contribution in [0.4, 0.5) is 5.69 Å². The van der Waals surface area contributed by atoms with Crippen molar-refractivity contribution in [1.82, 2.24) is 14.6 Å². The van der Waals surface area contributed by atoms with Crippen LogP contribution in [0.25, 0.3) is 28.0 Å². The molecule has 0 fully saturated rings. The third kappa shape index (κ3) is 3.34. The van der Waals surface area contributed by atoms with Gasteiger partial charge in [-0.15, -0.1) is 0 Å². The zero-order chi connectivity index (χ0) is 18.5. The van der Waals surface area contributed by atoms with Crippen molar-refractivity contribution in [2.24, 2.45) is 11.7 Å². The maximum atomic E-state index is 10.6. The molecule has 2 aromatic heterocycles. The third-order valence-electron chi connectivity index (χ3n) is 4.04. The number of nitrogens with zero attached hydrogens (tertiary/aromatic N) is 2. The second-order valence-electron chi connectivity index (χ2n) is 5.73. The minimum atomic E-state index is 0.673. The molecule has 0 atom stereocenters. The Morgan fingerprint density at radius 3 is 2.54 bits per heavy atom. The molecular weight excluding hydrogens is 328 g/mol. The fourth-order valence-corrected chi connectivity index (χ4v) is 2.74. The van der Waals surface area contributed by atoms with E-state index in [-0.39, 0.29) is 0 Å². The first-order valence-electron chi connectivity index (χ1n) is 8.02. The smallest absolute Gasteiger partial charge is 0.211 e. The van der Waals surface area contributed by atoms with E-state index in [1.165, 1.54) is 5.56 Å². The third-order valence-corrected chi connectivity index (χ3v) is 4.04. The largest absolute Gasteiger partial charge is 0.329 e. The Bertz CT molecular complexity index is 1020. The molecule has 0 spiro atoms. The molecule has 4 rings (SSSR count). The van der Waals surface area contributed by atoms with Crippen LogP contribution in [0, 0.1) is 6.92 Å². The Labute approximate surface area is 150 Å². The highest BCUT2D eigenvalue weighted by molar-refractivity contribution is 5.81. The molecule has 0 saturated carbocycles. The van der Waals surface area contributed by atoms with E-state index in [0.717, 1.165) is 33.7 Å². The SMILES string of the molecule is Cc1ccc(-c2cnc3c(-c4cccc(NC=O)c4)[nH]n3c2)cc1.NN. The Kier molecular flexibility index (Phi) is 5.12. The van der Waals surface area contributed by atoms with Gasteiger partial charge in [0.05, 0.1) is 0 Å². The van der Waals surface area contributed by atoms with E-state index in [2.05, 4.69) is 58.3 Å². The quantitative estimate of drug-likeness (QED) is 0.258. The van der Waals surface area contributed by atoms with E-state index in [1.807, 2.05) is 41.2 Å². The van der Waals surface area contributed by atoms with Gasteiger partial charge in [-0.1, -0.05) is 42.0 Å². The number of benzene rings is 2. The highest BCUT2D eigenvalue weighted by Gasteiger charge is 2.12. The van der Waals surface area contributed by atoms with Crippen molar-refractivity contribution in [1.29, 1.82) is 0 Å². The van der Waals surface area contributed by atoms with Crippen LogP contribution in [0.3, 0.4) is 0 Å². The van der Waals surface area contributed by atoms with E-state index in [0.29, 0.717) is 6.41 Å². The molecule has 0 aliphatic rings. The first-order valence-corrected chi connectivity index (χ1v) is 8.02. The van der Waals surface area contributed by atoms with Gasteiger partial charge in [-0.2, -0.15) is 0 Å². The average molecular weight is 348 g/mol. The van der Waals surface area contributed by atoms with Crippen molar-refractivity contribution in [3.8, 4) is 22.4 Å². The number of hydrazine groups is 1. The van der Waals surface area contributed by atoms with E-state index >= 15 is 0 Å². The normalized spacial score (nSPS) is 10.3. The number of amides is 1. The number of nitrogens with two attached hydrogens (primary N) is 2. The molecule has 0 radical (unpaired) electrons. The Balaban J connectivity index is 0.000000948. The fraction of sp³-hybridized carbons (Fsp3) is 0.0526. The molecule has 132 valence electrons. The van der Waals surface area contributed by atoms with Crippen molar-refractivity contribution < 1.29 is 4.79 Å². The van der Waals surface area contributed by atoms with E-state index in [9.17, 15) is 4.79 Å². The number of hydrogen-bond donors (Lipinski definition) is 4. The van der Waals surface area contributed by atoms with Crippen LogP contribution in [0.1, 0.15) is 5.56 Å². The van der Waals surface area contributed by atoms with Gasteiger partial charge in [-0.25, -0.2) is 9.50 Å². The summed E-state index contributed by atoms with van der Waals surface area (Å²) in [4.78, 5) is 15.2. The van der Waals surface area contributed by atoms with Gasteiger partial charge < -0.3 is 5.32 Å². The molecule has 7 nitrogen and oxygen atoms in total. The maximum absolute atomic E-state index is 10.6. The minimum absolute atomic E-state index is 0.673. The number of aromatic nitrogens is 3. The predicted octanol–water partition coefficient (Wildman–Crippen LogP) is 2.69. The lowest BCUT2D eigenvalue weighted by Crippen LogP contribution is -2.07. The zero-order valence-electron chi connectivity index (χ0n) is 14.3. The van der Waals surface area contributed by atoms with Crippen molar-refractivity contribution in [3.63, 3.8) is 0 Å². The number of carbonyl (C=O) groups is 1. The summed E-state index contributed by atoms with van der Waals surface area (Å²) >= 11 is 0. The first kappa shape index (κ1) is 17.4. The van der Waals surface area contributed by atoms with Crippen molar-refractivity contribution in [2.45, 2.75) is 6.92 Å². The molecule has 2 aromatic carbocycles. The molecule has 7 heteroatoms. The first-order chi connectivity index (χ1) is 12.7. The standard InChI is InChI=1S/C19H16N4O.H4N2/c1-13-5-7-14(8-6-13)16-10-20-19-18(22-23(19)11-16)15-3-2-4-17(9-15)21-12-24;1-2/h2-12,22H,1H3,(H,21,24);1-2H2. The summed E-state index contributed by atoms with van der Waals surface area (Å²) in [5.41, 5.74) is 6.98. The molecule has 1 amide bonds. The van der Waals surface area contributed by atoms with Gasteiger partial charge in [-0.3, -0.25) is 21.6 Å². The lowest BCUT2D eigenvalue weighted by Gasteiger charge is -2.15. The Morgan fingerprint density at radius 1 is 1.08 bits per heavy atom. The number of carbonyl (C=O) groups excluding carboxylic acids is 1. The lowest BCUT2D eigenvalue weighted by molar-refractivity contribution is -0.105. The van der Waals surface area contributed by atoms with Crippen LogP contribution in [-0.4, -0.2) is 21.0 Å². The summed E-state index contributed by atoms with van der Waals surface area (Å²) in [5, 5.41) is 5.95. The number of H-pyrrole nitrogens is 1. The van der Waals surface area contributed by atoms with Gasteiger partial charge in [0.15, 0.2) is 5.65 Å². The number of rotatable bonds is 4. The molecule has 0 unspecified atom stereocenters. The second kappa shape index (κ2) is 7.64. The van der Waals surface area contributed by atoms with Crippen LogP contribution in [0.5, 0.6) is 0 Å². The van der Waals surface area contributed by atoms with Gasteiger partial charge in [0.1, 0.15) is 5.69 Å². The van der Waals surface area contributed by atoms with E-state index in [1.54, 1.807) is 0 Å². The molecule has 2 heterocycles. The summed E-state index contributed by atoms with van der Waals surface area (Å²) in [5.74, 6) is 8.00. The summed E-state index contributed by atoms with van der Waals surface area (Å²) in [6.07, 6.45) is 4.58. The van der Waals surface area contributed by atoms with Crippen molar-refractivity contribution in [3.05, 3.63) is 66.5 Å². The lowest BCUT2D eigenvalue weighted by atomic mass is 10.1. The predicted molar refractivity (Wildman–Crippen MR) is 103 cm³/mol. The van der Waals surface area contributed by atoms with Crippen LogP contribution < -0.4 is 17.0 Å². The number of aromatic amines is 1. The number of aryl methyl sites for hydroxylation is 1. The van der Waals surface area contributed by atoms with Crippen LogP contribution in [-0.2, 0) is 4.79 Å². The summed E-state index contributed by atoms with van der Waals surface area (Å²) in [6.45, 7) is 2.07. The van der Waals surface area contributed by atoms with Gasteiger partial charge in [-0.05, 0) is 24.6 Å². The summed E-state index contributed by atoms with van der Waals surface area (Å²) < 4.78 is 1.91. The van der Waals surface area contributed by atoms with E-state index < -0.39 is 0 Å². The van der Waals surface area contributed by atoms with Gasteiger partial charge in [0.2, 0.25) is 6.41 Å².